The SMILES string of the molecule is OC[C@H]1O[C@@H](n2cnc3c(C=C(O)c4ccccc4)ncnc32)[C@H](O)[C@@H]1O. The molecular weight excluding hydrogens is 352 g/mol. The number of fused-ring (bicyclic) bond motifs is 1. The van der Waals surface area contributed by atoms with E-state index in [2.05, 4.69) is 15.0 Å². The number of aromatic nitrogens is 4. The fourth-order valence-electron chi connectivity index (χ4n) is 3.09. The highest BCUT2D eigenvalue weighted by molar-refractivity contribution is 5.86. The molecule has 0 aliphatic carbocycles. The summed E-state index contributed by atoms with van der Waals surface area (Å²) in [7, 11) is 0. The molecule has 27 heavy (non-hydrogen) atoms. The van der Waals surface area contributed by atoms with Gasteiger partial charge in [-0.3, -0.25) is 4.57 Å². The van der Waals surface area contributed by atoms with Crippen LogP contribution in [0.4, 0.5) is 0 Å². The zero-order chi connectivity index (χ0) is 19.0. The molecular formula is C18H18N4O5. The van der Waals surface area contributed by atoms with Gasteiger partial charge in [-0.2, -0.15) is 0 Å². The van der Waals surface area contributed by atoms with Crippen LogP contribution in [0.15, 0.2) is 43.0 Å². The first kappa shape index (κ1) is 17.6. The highest BCUT2D eigenvalue weighted by Gasteiger charge is 2.43. The molecule has 9 heteroatoms. The number of aliphatic hydroxyl groups is 4. The number of benzene rings is 1. The van der Waals surface area contributed by atoms with E-state index in [0.29, 0.717) is 22.4 Å². The summed E-state index contributed by atoms with van der Waals surface area (Å²) in [5.74, 6) is 0.0260. The molecule has 3 heterocycles. The normalized spacial score (nSPS) is 26.0. The molecule has 9 nitrogen and oxygen atoms in total. The predicted octanol–water partition coefficient (Wildman–Crippen LogP) is 0.494. The van der Waals surface area contributed by atoms with Crippen molar-refractivity contribution in [2.75, 3.05) is 6.61 Å². The van der Waals surface area contributed by atoms with Gasteiger partial charge in [0.1, 0.15) is 35.9 Å². The summed E-state index contributed by atoms with van der Waals surface area (Å²) >= 11 is 0. The van der Waals surface area contributed by atoms with Crippen LogP contribution in [0, 0.1) is 0 Å². The first-order valence-electron chi connectivity index (χ1n) is 8.36. The summed E-state index contributed by atoms with van der Waals surface area (Å²) in [6, 6.07) is 9.00. The van der Waals surface area contributed by atoms with Gasteiger partial charge in [-0.1, -0.05) is 30.3 Å². The zero-order valence-electron chi connectivity index (χ0n) is 14.1. The number of aliphatic hydroxyl groups excluding tert-OH is 4. The van der Waals surface area contributed by atoms with Gasteiger partial charge in [0.2, 0.25) is 0 Å². The fraction of sp³-hybridized carbons (Fsp3) is 0.278. The second-order valence-corrected chi connectivity index (χ2v) is 6.21. The quantitative estimate of drug-likeness (QED) is 0.488. The Balaban J connectivity index is 1.73. The average molecular weight is 370 g/mol. The van der Waals surface area contributed by atoms with Crippen LogP contribution in [-0.4, -0.2) is 64.9 Å². The Morgan fingerprint density at radius 2 is 1.89 bits per heavy atom. The van der Waals surface area contributed by atoms with Crippen LogP contribution >= 0.6 is 0 Å². The van der Waals surface area contributed by atoms with Crippen molar-refractivity contribution in [1.82, 2.24) is 19.5 Å². The van der Waals surface area contributed by atoms with Gasteiger partial charge >= 0.3 is 0 Å². The second-order valence-electron chi connectivity index (χ2n) is 6.21. The summed E-state index contributed by atoms with van der Waals surface area (Å²) in [5.41, 5.74) is 1.80. The van der Waals surface area contributed by atoms with Gasteiger partial charge in [-0.25, -0.2) is 15.0 Å². The topological polar surface area (TPSA) is 134 Å². The summed E-state index contributed by atoms with van der Waals surface area (Å²) in [6.07, 6.45) is -0.106. The van der Waals surface area contributed by atoms with Crippen LogP contribution in [0.3, 0.4) is 0 Å². The predicted molar refractivity (Wildman–Crippen MR) is 95.3 cm³/mol. The van der Waals surface area contributed by atoms with Gasteiger partial charge in [0, 0.05) is 11.6 Å². The van der Waals surface area contributed by atoms with E-state index >= 15 is 0 Å². The second kappa shape index (κ2) is 7.05. The van der Waals surface area contributed by atoms with E-state index in [-0.39, 0.29) is 5.76 Å². The van der Waals surface area contributed by atoms with Gasteiger partial charge in [0.15, 0.2) is 11.9 Å². The minimum atomic E-state index is -1.24. The van der Waals surface area contributed by atoms with Crippen LogP contribution in [0.5, 0.6) is 0 Å². The summed E-state index contributed by atoms with van der Waals surface area (Å²) in [4.78, 5) is 12.6. The first-order chi connectivity index (χ1) is 13.1. The van der Waals surface area contributed by atoms with E-state index in [0.717, 1.165) is 0 Å². The standard InChI is InChI=1S/C18H18N4O5/c23-7-13-15(25)16(26)18(27-13)22-9-21-14-11(19-8-20-17(14)22)6-12(24)10-4-2-1-3-5-10/h1-6,8-9,13,15-16,18,23-26H,7H2/t13-,15-,16-,18-/m1/s1. The van der Waals surface area contributed by atoms with E-state index in [1.165, 1.54) is 23.3 Å². The van der Waals surface area contributed by atoms with Crippen molar-refractivity contribution in [2.24, 2.45) is 0 Å². The van der Waals surface area contributed by atoms with E-state index < -0.39 is 31.1 Å². The van der Waals surface area contributed by atoms with Crippen molar-refractivity contribution >= 4 is 23.0 Å². The number of nitrogens with zero attached hydrogens (tertiary/aromatic N) is 4. The number of imidazole rings is 1. The van der Waals surface area contributed by atoms with Crippen molar-refractivity contribution in [1.29, 1.82) is 0 Å². The van der Waals surface area contributed by atoms with E-state index in [1.54, 1.807) is 12.1 Å². The summed E-state index contributed by atoms with van der Waals surface area (Å²) in [5, 5.41) is 39.8. The Labute approximate surface area is 153 Å². The smallest absolute Gasteiger partial charge is 0.166 e. The molecule has 4 rings (SSSR count). The lowest BCUT2D eigenvalue weighted by molar-refractivity contribution is -0.0511. The van der Waals surface area contributed by atoms with Crippen molar-refractivity contribution < 1.29 is 25.2 Å². The number of ether oxygens (including phenoxy) is 1. The summed E-state index contributed by atoms with van der Waals surface area (Å²) in [6.45, 7) is -0.421. The molecule has 140 valence electrons. The third kappa shape index (κ3) is 3.06. The Kier molecular flexibility index (Phi) is 4.58. The van der Waals surface area contributed by atoms with Crippen molar-refractivity contribution in [3.63, 3.8) is 0 Å². The van der Waals surface area contributed by atoms with Crippen LogP contribution < -0.4 is 0 Å². The maximum absolute atomic E-state index is 10.3. The average Bonchev–Trinajstić information content (AvgIpc) is 3.25. The molecule has 1 saturated heterocycles. The maximum atomic E-state index is 10.3. The van der Waals surface area contributed by atoms with Gasteiger partial charge in [0.25, 0.3) is 0 Å². The molecule has 0 saturated carbocycles. The minimum absolute atomic E-state index is 0.0260. The lowest BCUT2D eigenvalue weighted by Crippen LogP contribution is -2.33. The largest absolute Gasteiger partial charge is 0.507 e. The molecule has 0 unspecified atom stereocenters. The van der Waals surface area contributed by atoms with Crippen LogP contribution in [-0.2, 0) is 4.74 Å². The van der Waals surface area contributed by atoms with Crippen LogP contribution in [0.1, 0.15) is 17.5 Å². The lowest BCUT2D eigenvalue weighted by Gasteiger charge is -2.16. The number of hydrogen-bond donors (Lipinski definition) is 4. The Morgan fingerprint density at radius 1 is 1.11 bits per heavy atom. The number of rotatable bonds is 4. The van der Waals surface area contributed by atoms with Crippen molar-refractivity contribution in [3.05, 3.63) is 54.2 Å². The van der Waals surface area contributed by atoms with E-state index in [9.17, 15) is 20.4 Å². The molecule has 2 aromatic heterocycles. The van der Waals surface area contributed by atoms with Crippen LogP contribution in [0.25, 0.3) is 23.0 Å². The molecule has 1 aliphatic heterocycles. The highest BCUT2D eigenvalue weighted by Crippen LogP contribution is 2.31. The van der Waals surface area contributed by atoms with E-state index in [1.807, 2.05) is 18.2 Å². The molecule has 1 aliphatic rings. The third-order valence-corrected chi connectivity index (χ3v) is 4.52. The highest BCUT2D eigenvalue weighted by atomic mass is 16.6. The van der Waals surface area contributed by atoms with Crippen molar-refractivity contribution in [3.8, 4) is 0 Å². The maximum Gasteiger partial charge on any atom is 0.166 e. The first-order valence-corrected chi connectivity index (χ1v) is 8.36. The molecule has 0 spiro atoms. The zero-order valence-corrected chi connectivity index (χ0v) is 14.1. The molecule has 0 amide bonds. The van der Waals surface area contributed by atoms with Gasteiger partial charge in [-0.15, -0.1) is 0 Å². The molecule has 1 aromatic carbocycles. The molecule has 4 atom stereocenters. The van der Waals surface area contributed by atoms with E-state index in [4.69, 9.17) is 4.74 Å². The van der Waals surface area contributed by atoms with Crippen molar-refractivity contribution in [2.45, 2.75) is 24.5 Å². The molecule has 0 radical (unpaired) electrons. The lowest BCUT2D eigenvalue weighted by atomic mass is 10.1. The monoisotopic (exact) mass is 370 g/mol. The van der Waals surface area contributed by atoms with Crippen LogP contribution in [0.2, 0.25) is 0 Å². The third-order valence-electron chi connectivity index (χ3n) is 4.52. The fourth-order valence-corrected chi connectivity index (χ4v) is 3.09. The van der Waals surface area contributed by atoms with Gasteiger partial charge in [0.05, 0.1) is 18.6 Å². The molecule has 4 N–H and O–H groups in total. The Hall–Kier alpha value is -2.85. The summed E-state index contributed by atoms with van der Waals surface area (Å²) < 4.78 is 7.00. The number of hydrogen-bond acceptors (Lipinski definition) is 8. The Morgan fingerprint density at radius 3 is 2.59 bits per heavy atom. The van der Waals surface area contributed by atoms with Gasteiger partial charge < -0.3 is 25.2 Å². The minimum Gasteiger partial charge on any atom is -0.507 e. The Bertz CT molecular complexity index is 974. The molecule has 3 aromatic rings. The van der Waals surface area contributed by atoms with Gasteiger partial charge in [-0.05, 0) is 0 Å². The molecule has 0 bridgehead atoms. The molecule has 1 fully saturated rings.